The summed E-state index contributed by atoms with van der Waals surface area (Å²) in [5.41, 5.74) is 0.764. The van der Waals surface area contributed by atoms with Gasteiger partial charge in [0.05, 0.1) is 6.10 Å². The fraction of sp³-hybridized carbons (Fsp3) is 0.500. The number of phenols is 2. The monoisotopic (exact) mass is 264 g/mol. The van der Waals surface area contributed by atoms with Crippen molar-refractivity contribution in [2.45, 2.75) is 51.6 Å². The molecule has 0 fully saturated rings. The molecule has 3 nitrogen and oxygen atoms in total. The lowest BCUT2D eigenvalue weighted by Gasteiger charge is -2.05. The first-order valence-electron chi connectivity index (χ1n) is 7.01. The van der Waals surface area contributed by atoms with Gasteiger partial charge in [-0.3, -0.25) is 0 Å². The molecular formula is C16H24O3. The van der Waals surface area contributed by atoms with E-state index in [0.717, 1.165) is 18.4 Å². The van der Waals surface area contributed by atoms with Gasteiger partial charge in [-0.1, -0.05) is 57.2 Å². The molecule has 19 heavy (non-hydrogen) atoms. The van der Waals surface area contributed by atoms with Gasteiger partial charge >= 0.3 is 0 Å². The Morgan fingerprint density at radius 3 is 2.47 bits per heavy atom. The maximum absolute atomic E-state index is 9.79. The fourth-order valence-electron chi connectivity index (χ4n) is 1.92. The van der Waals surface area contributed by atoms with Gasteiger partial charge in [0.1, 0.15) is 0 Å². The largest absolute Gasteiger partial charge is 0.504 e. The van der Waals surface area contributed by atoms with Gasteiger partial charge in [0, 0.05) is 0 Å². The molecule has 106 valence electrons. The van der Waals surface area contributed by atoms with E-state index < -0.39 is 6.10 Å². The molecule has 0 heterocycles. The zero-order valence-corrected chi connectivity index (χ0v) is 11.5. The van der Waals surface area contributed by atoms with Crippen molar-refractivity contribution in [2.75, 3.05) is 0 Å². The molecule has 1 rings (SSSR count). The number of rotatable bonds is 8. The van der Waals surface area contributed by atoms with E-state index in [1.165, 1.54) is 37.8 Å². The van der Waals surface area contributed by atoms with Crippen LogP contribution in [0.3, 0.4) is 0 Å². The Morgan fingerprint density at radius 1 is 1.05 bits per heavy atom. The summed E-state index contributed by atoms with van der Waals surface area (Å²) in [5, 5.41) is 28.3. The van der Waals surface area contributed by atoms with Crippen LogP contribution in [0.5, 0.6) is 11.5 Å². The van der Waals surface area contributed by atoms with Crippen molar-refractivity contribution >= 4 is 6.08 Å². The maximum Gasteiger partial charge on any atom is 0.157 e. The molecule has 3 heteroatoms. The second-order valence-electron chi connectivity index (χ2n) is 4.88. The number of phenolic OH excluding ortho intramolecular Hbond substituents is 2. The van der Waals surface area contributed by atoms with Gasteiger partial charge in [-0.15, -0.1) is 0 Å². The van der Waals surface area contributed by atoms with Crippen LogP contribution in [0.4, 0.5) is 0 Å². The first-order chi connectivity index (χ1) is 9.13. The standard InChI is InChI=1S/C16H24O3/c1-2-3-4-5-6-7-14(17)10-8-13-9-11-15(18)16(19)12-13/h8-12,14,17-19H,2-7H2,1H3/b10-8+. The summed E-state index contributed by atoms with van der Waals surface area (Å²) in [6.45, 7) is 2.19. The van der Waals surface area contributed by atoms with Gasteiger partial charge in [0.25, 0.3) is 0 Å². The summed E-state index contributed by atoms with van der Waals surface area (Å²) >= 11 is 0. The van der Waals surface area contributed by atoms with Crippen molar-refractivity contribution in [2.24, 2.45) is 0 Å². The summed E-state index contributed by atoms with van der Waals surface area (Å²) in [4.78, 5) is 0. The minimum absolute atomic E-state index is 0.131. The average molecular weight is 264 g/mol. The summed E-state index contributed by atoms with van der Waals surface area (Å²) in [6, 6.07) is 4.60. The second-order valence-corrected chi connectivity index (χ2v) is 4.88. The molecule has 0 aliphatic rings. The topological polar surface area (TPSA) is 60.7 Å². The minimum Gasteiger partial charge on any atom is -0.504 e. The Kier molecular flexibility index (Phi) is 7.04. The van der Waals surface area contributed by atoms with E-state index in [1.807, 2.05) is 0 Å². The second kappa shape index (κ2) is 8.59. The molecule has 3 N–H and O–H groups in total. The molecule has 1 atom stereocenters. The van der Waals surface area contributed by atoms with E-state index in [0.29, 0.717) is 0 Å². The van der Waals surface area contributed by atoms with Crippen molar-refractivity contribution in [3.05, 3.63) is 29.8 Å². The summed E-state index contributed by atoms with van der Waals surface area (Å²) in [6.07, 6.45) is 9.74. The Bertz CT molecular complexity index is 399. The van der Waals surface area contributed by atoms with Crippen LogP contribution in [-0.2, 0) is 0 Å². The zero-order valence-electron chi connectivity index (χ0n) is 11.5. The SMILES string of the molecule is CCCCCCCC(O)/C=C/c1ccc(O)c(O)c1. The minimum atomic E-state index is -0.447. The third kappa shape index (κ3) is 6.30. The quantitative estimate of drug-likeness (QED) is 0.494. The Labute approximate surface area is 115 Å². The highest BCUT2D eigenvalue weighted by molar-refractivity contribution is 5.55. The molecule has 0 bridgehead atoms. The third-order valence-electron chi connectivity index (χ3n) is 3.11. The molecule has 0 radical (unpaired) electrons. The lowest BCUT2D eigenvalue weighted by Crippen LogP contribution is -2.01. The van der Waals surface area contributed by atoms with E-state index >= 15 is 0 Å². The van der Waals surface area contributed by atoms with Crippen molar-refractivity contribution in [1.82, 2.24) is 0 Å². The van der Waals surface area contributed by atoms with Crippen molar-refractivity contribution in [3.8, 4) is 11.5 Å². The third-order valence-corrected chi connectivity index (χ3v) is 3.11. The van der Waals surface area contributed by atoms with Gasteiger partial charge in [0.2, 0.25) is 0 Å². The van der Waals surface area contributed by atoms with Crippen molar-refractivity contribution in [1.29, 1.82) is 0 Å². The fourth-order valence-corrected chi connectivity index (χ4v) is 1.92. The molecule has 0 aromatic heterocycles. The highest BCUT2D eigenvalue weighted by atomic mass is 16.3. The van der Waals surface area contributed by atoms with Crippen LogP contribution < -0.4 is 0 Å². The zero-order chi connectivity index (χ0) is 14.1. The first-order valence-corrected chi connectivity index (χ1v) is 7.01. The summed E-state index contributed by atoms with van der Waals surface area (Å²) in [7, 11) is 0. The smallest absolute Gasteiger partial charge is 0.157 e. The molecule has 0 spiro atoms. The highest BCUT2D eigenvalue weighted by Gasteiger charge is 2.01. The summed E-state index contributed by atoms with van der Waals surface area (Å²) in [5.74, 6) is -0.273. The molecule has 0 saturated carbocycles. The lowest BCUT2D eigenvalue weighted by molar-refractivity contribution is 0.209. The van der Waals surface area contributed by atoms with Gasteiger partial charge in [0.15, 0.2) is 11.5 Å². The normalized spacial score (nSPS) is 12.9. The molecule has 1 unspecified atom stereocenters. The van der Waals surface area contributed by atoms with Gasteiger partial charge in [-0.25, -0.2) is 0 Å². The summed E-state index contributed by atoms with van der Waals surface area (Å²) < 4.78 is 0. The first kappa shape index (κ1) is 15.6. The van der Waals surface area contributed by atoms with Crippen LogP contribution in [0.2, 0.25) is 0 Å². The molecule has 1 aromatic rings. The number of hydrogen-bond acceptors (Lipinski definition) is 3. The van der Waals surface area contributed by atoms with Crippen LogP contribution in [0.15, 0.2) is 24.3 Å². The maximum atomic E-state index is 9.79. The number of aliphatic hydroxyl groups is 1. The Morgan fingerprint density at radius 2 is 1.79 bits per heavy atom. The predicted octanol–water partition coefficient (Wildman–Crippen LogP) is 3.83. The van der Waals surface area contributed by atoms with Gasteiger partial charge in [-0.05, 0) is 24.1 Å². The van der Waals surface area contributed by atoms with Crippen LogP contribution in [0.1, 0.15) is 51.0 Å². The van der Waals surface area contributed by atoms with Gasteiger partial charge < -0.3 is 15.3 Å². The van der Waals surface area contributed by atoms with Crippen molar-refractivity contribution in [3.63, 3.8) is 0 Å². The van der Waals surface area contributed by atoms with Crippen LogP contribution in [-0.4, -0.2) is 21.4 Å². The molecule has 0 aliphatic carbocycles. The van der Waals surface area contributed by atoms with Crippen molar-refractivity contribution < 1.29 is 15.3 Å². The van der Waals surface area contributed by atoms with Gasteiger partial charge in [-0.2, -0.15) is 0 Å². The molecule has 0 amide bonds. The number of hydrogen-bond donors (Lipinski definition) is 3. The molecular weight excluding hydrogens is 240 g/mol. The Balaban J connectivity index is 2.32. The van der Waals surface area contributed by atoms with E-state index in [1.54, 1.807) is 18.2 Å². The number of unbranched alkanes of at least 4 members (excludes halogenated alkanes) is 4. The molecule has 1 aromatic carbocycles. The Hall–Kier alpha value is -1.48. The average Bonchev–Trinajstić information content (AvgIpc) is 2.40. The number of aliphatic hydroxyl groups excluding tert-OH is 1. The van der Waals surface area contributed by atoms with Crippen LogP contribution in [0.25, 0.3) is 6.08 Å². The molecule has 0 aliphatic heterocycles. The lowest BCUT2D eigenvalue weighted by atomic mass is 10.1. The van der Waals surface area contributed by atoms with Crippen LogP contribution >= 0.6 is 0 Å². The highest BCUT2D eigenvalue weighted by Crippen LogP contribution is 2.25. The predicted molar refractivity (Wildman–Crippen MR) is 78.2 cm³/mol. The van der Waals surface area contributed by atoms with E-state index in [9.17, 15) is 15.3 Å². The van der Waals surface area contributed by atoms with E-state index in [4.69, 9.17) is 0 Å². The number of benzene rings is 1. The van der Waals surface area contributed by atoms with E-state index in [2.05, 4.69) is 6.92 Å². The number of aromatic hydroxyl groups is 2. The van der Waals surface area contributed by atoms with E-state index in [-0.39, 0.29) is 11.5 Å². The molecule has 0 saturated heterocycles. The van der Waals surface area contributed by atoms with Crippen LogP contribution in [0, 0.1) is 0 Å².